The third kappa shape index (κ3) is 2.93. The quantitative estimate of drug-likeness (QED) is 0.903. The summed E-state index contributed by atoms with van der Waals surface area (Å²) in [5.74, 6) is 0. The Labute approximate surface area is 106 Å². The molecule has 3 heteroatoms. The maximum absolute atomic E-state index is 10.5. The van der Waals surface area contributed by atoms with Crippen molar-refractivity contribution in [2.75, 3.05) is 0 Å². The van der Waals surface area contributed by atoms with E-state index in [1.165, 1.54) is 0 Å². The van der Waals surface area contributed by atoms with Crippen molar-refractivity contribution < 1.29 is 5.11 Å². The lowest BCUT2D eigenvalue weighted by molar-refractivity contribution is 0.0575. The van der Waals surface area contributed by atoms with Crippen LogP contribution in [0.2, 0.25) is 0 Å². The maximum atomic E-state index is 10.5. The molecule has 1 unspecified atom stereocenters. The van der Waals surface area contributed by atoms with E-state index in [4.69, 9.17) is 0 Å². The molecule has 1 atom stereocenters. The largest absolute Gasteiger partial charge is 0.385 e. The number of rotatable bonds is 3. The molecule has 0 aliphatic rings. The summed E-state index contributed by atoms with van der Waals surface area (Å²) in [5.41, 5.74) is 2.28. The van der Waals surface area contributed by atoms with Crippen LogP contribution in [0.15, 0.2) is 29.6 Å². The van der Waals surface area contributed by atoms with Crippen molar-refractivity contribution in [3.8, 4) is 0 Å². The number of hydrogen-bond donors (Lipinski definition) is 1. The normalized spacial score (nSPS) is 14.6. The summed E-state index contributed by atoms with van der Waals surface area (Å²) in [4.78, 5) is 4.40. The van der Waals surface area contributed by atoms with Gasteiger partial charge in [-0.25, -0.2) is 4.98 Å². The van der Waals surface area contributed by atoms with Crippen LogP contribution >= 0.6 is 11.3 Å². The fourth-order valence-corrected chi connectivity index (χ4v) is 2.78. The Morgan fingerprint density at radius 3 is 2.71 bits per heavy atom. The zero-order chi connectivity index (χ0) is 12.5. The van der Waals surface area contributed by atoms with Gasteiger partial charge in [0.05, 0.1) is 10.6 Å². The van der Waals surface area contributed by atoms with Gasteiger partial charge in [-0.15, -0.1) is 11.3 Å². The molecule has 1 aromatic carbocycles. The standard InChI is InChI=1S/C14H17NOS/c1-10-5-4-6-12(7-10)14(3,16)8-13-15-11(2)9-17-13/h4-7,9,16H,8H2,1-3H3. The fourth-order valence-electron chi connectivity index (χ4n) is 1.86. The number of aliphatic hydroxyl groups is 1. The lowest BCUT2D eigenvalue weighted by Gasteiger charge is -2.23. The predicted molar refractivity (Wildman–Crippen MR) is 71.3 cm³/mol. The summed E-state index contributed by atoms with van der Waals surface area (Å²) in [5, 5.41) is 13.5. The summed E-state index contributed by atoms with van der Waals surface area (Å²) in [7, 11) is 0. The molecule has 1 heterocycles. The average molecular weight is 247 g/mol. The monoisotopic (exact) mass is 247 g/mol. The van der Waals surface area contributed by atoms with Gasteiger partial charge >= 0.3 is 0 Å². The smallest absolute Gasteiger partial charge is 0.0960 e. The Morgan fingerprint density at radius 2 is 2.12 bits per heavy atom. The Kier molecular flexibility index (Phi) is 3.31. The highest BCUT2D eigenvalue weighted by Crippen LogP contribution is 2.27. The van der Waals surface area contributed by atoms with E-state index in [1.807, 2.05) is 50.4 Å². The molecular formula is C14H17NOS. The molecule has 2 nitrogen and oxygen atoms in total. The van der Waals surface area contributed by atoms with Crippen LogP contribution in [-0.2, 0) is 12.0 Å². The van der Waals surface area contributed by atoms with Crippen molar-refractivity contribution in [3.63, 3.8) is 0 Å². The maximum Gasteiger partial charge on any atom is 0.0960 e. The number of thiazole rings is 1. The Hall–Kier alpha value is -1.19. The van der Waals surface area contributed by atoms with Gasteiger partial charge in [0.15, 0.2) is 0 Å². The zero-order valence-electron chi connectivity index (χ0n) is 10.4. The molecule has 17 heavy (non-hydrogen) atoms. The minimum absolute atomic E-state index is 0.564. The first-order chi connectivity index (χ1) is 7.97. The van der Waals surface area contributed by atoms with E-state index in [0.29, 0.717) is 6.42 Å². The van der Waals surface area contributed by atoms with Crippen molar-refractivity contribution >= 4 is 11.3 Å². The van der Waals surface area contributed by atoms with E-state index >= 15 is 0 Å². The van der Waals surface area contributed by atoms with Crippen LogP contribution in [0.4, 0.5) is 0 Å². The van der Waals surface area contributed by atoms with Gasteiger partial charge in [0.2, 0.25) is 0 Å². The van der Waals surface area contributed by atoms with Crippen molar-refractivity contribution in [1.29, 1.82) is 0 Å². The summed E-state index contributed by atoms with van der Waals surface area (Å²) in [6.07, 6.45) is 0.564. The van der Waals surface area contributed by atoms with Gasteiger partial charge in [0.25, 0.3) is 0 Å². The molecule has 0 aliphatic carbocycles. The first kappa shape index (κ1) is 12.3. The van der Waals surface area contributed by atoms with E-state index in [9.17, 15) is 5.11 Å². The van der Waals surface area contributed by atoms with Gasteiger partial charge in [-0.3, -0.25) is 0 Å². The van der Waals surface area contributed by atoms with Crippen molar-refractivity contribution in [2.24, 2.45) is 0 Å². The molecule has 0 bridgehead atoms. The van der Waals surface area contributed by atoms with Gasteiger partial charge in [-0.1, -0.05) is 29.8 Å². The number of hydrogen-bond acceptors (Lipinski definition) is 3. The zero-order valence-corrected chi connectivity index (χ0v) is 11.2. The highest BCUT2D eigenvalue weighted by atomic mass is 32.1. The van der Waals surface area contributed by atoms with Gasteiger partial charge in [-0.05, 0) is 26.3 Å². The van der Waals surface area contributed by atoms with E-state index < -0.39 is 5.60 Å². The van der Waals surface area contributed by atoms with E-state index in [-0.39, 0.29) is 0 Å². The summed E-state index contributed by atoms with van der Waals surface area (Å²) in [6.45, 7) is 5.85. The van der Waals surface area contributed by atoms with Crippen molar-refractivity contribution in [3.05, 3.63) is 51.5 Å². The van der Waals surface area contributed by atoms with Gasteiger partial charge in [0, 0.05) is 17.5 Å². The number of aromatic nitrogens is 1. The van der Waals surface area contributed by atoms with Crippen LogP contribution in [0.25, 0.3) is 0 Å². The van der Waals surface area contributed by atoms with Crippen molar-refractivity contribution in [2.45, 2.75) is 32.8 Å². The second-order valence-electron chi connectivity index (χ2n) is 4.70. The molecule has 0 saturated heterocycles. The van der Waals surface area contributed by atoms with Crippen LogP contribution < -0.4 is 0 Å². The number of benzene rings is 1. The number of aryl methyl sites for hydroxylation is 2. The third-order valence-corrected chi connectivity index (χ3v) is 3.77. The van der Waals surface area contributed by atoms with Crippen LogP contribution in [-0.4, -0.2) is 10.1 Å². The molecule has 2 aromatic rings. The lowest BCUT2D eigenvalue weighted by Crippen LogP contribution is -2.24. The van der Waals surface area contributed by atoms with Gasteiger partial charge in [-0.2, -0.15) is 0 Å². The van der Waals surface area contributed by atoms with Crippen LogP contribution in [0.5, 0.6) is 0 Å². The second kappa shape index (κ2) is 4.59. The average Bonchev–Trinajstić information content (AvgIpc) is 2.63. The third-order valence-electron chi connectivity index (χ3n) is 2.80. The Bertz CT molecular complexity index is 516. The van der Waals surface area contributed by atoms with Gasteiger partial charge in [0.1, 0.15) is 0 Å². The molecule has 0 aliphatic heterocycles. The number of nitrogens with zero attached hydrogens (tertiary/aromatic N) is 1. The lowest BCUT2D eigenvalue weighted by atomic mass is 9.92. The SMILES string of the molecule is Cc1cccc(C(C)(O)Cc2nc(C)cs2)c1. The fraction of sp³-hybridized carbons (Fsp3) is 0.357. The molecule has 0 amide bonds. The highest BCUT2D eigenvalue weighted by molar-refractivity contribution is 7.09. The Morgan fingerprint density at radius 1 is 1.35 bits per heavy atom. The van der Waals surface area contributed by atoms with E-state index in [0.717, 1.165) is 21.8 Å². The summed E-state index contributed by atoms with van der Waals surface area (Å²) < 4.78 is 0. The van der Waals surface area contributed by atoms with Crippen LogP contribution in [0, 0.1) is 13.8 Å². The summed E-state index contributed by atoms with van der Waals surface area (Å²) in [6, 6.07) is 8.01. The van der Waals surface area contributed by atoms with Gasteiger partial charge < -0.3 is 5.11 Å². The van der Waals surface area contributed by atoms with Crippen LogP contribution in [0.1, 0.15) is 28.8 Å². The topological polar surface area (TPSA) is 33.1 Å². The molecule has 1 N–H and O–H groups in total. The molecular weight excluding hydrogens is 230 g/mol. The van der Waals surface area contributed by atoms with Crippen molar-refractivity contribution in [1.82, 2.24) is 4.98 Å². The molecule has 2 rings (SSSR count). The van der Waals surface area contributed by atoms with E-state index in [1.54, 1.807) is 11.3 Å². The van der Waals surface area contributed by atoms with E-state index in [2.05, 4.69) is 4.98 Å². The molecule has 90 valence electrons. The molecule has 0 saturated carbocycles. The minimum Gasteiger partial charge on any atom is -0.385 e. The summed E-state index contributed by atoms with van der Waals surface area (Å²) >= 11 is 1.60. The molecule has 0 radical (unpaired) electrons. The Balaban J connectivity index is 2.24. The predicted octanol–water partition coefficient (Wildman–Crippen LogP) is 3.21. The molecule has 0 fully saturated rings. The molecule has 0 spiro atoms. The minimum atomic E-state index is -0.851. The second-order valence-corrected chi connectivity index (χ2v) is 5.65. The first-order valence-electron chi connectivity index (χ1n) is 5.68. The highest BCUT2D eigenvalue weighted by Gasteiger charge is 2.24. The van der Waals surface area contributed by atoms with Crippen LogP contribution in [0.3, 0.4) is 0 Å². The first-order valence-corrected chi connectivity index (χ1v) is 6.56. The molecule has 1 aromatic heterocycles.